The molecule has 0 bridgehead atoms. The maximum absolute atomic E-state index is 12.7. The molecule has 0 unspecified atom stereocenters. The summed E-state index contributed by atoms with van der Waals surface area (Å²) in [5, 5.41) is 2.82. The normalized spacial score (nSPS) is 11.1. The lowest BCUT2D eigenvalue weighted by molar-refractivity contribution is -0.112. The third-order valence-electron chi connectivity index (χ3n) is 3.39. The molecule has 4 nitrogen and oxygen atoms in total. The first-order chi connectivity index (χ1) is 11.4. The molecule has 0 fully saturated rings. The molecule has 0 aliphatic heterocycles. The van der Waals surface area contributed by atoms with E-state index >= 15 is 0 Å². The highest BCUT2D eigenvalue weighted by molar-refractivity contribution is 6.28. The Morgan fingerprint density at radius 3 is 2.08 bits per heavy atom. The van der Waals surface area contributed by atoms with Crippen LogP contribution in [0.25, 0.3) is 0 Å². The quantitative estimate of drug-likeness (QED) is 0.396. The number of Topliss-reactive ketones (excluding diaryl/α,β-unsaturated/α-hetero) is 1. The van der Waals surface area contributed by atoms with Gasteiger partial charge in [-0.1, -0.05) is 36.4 Å². The molecule has 4 heteroatoms. The van der Waals surface area contributed by atoms with Crippen LogP contribution in [-0.2, 0) is 4.79 Å². The smallest absolute Gasteiger partial charge is 0.261 e. The number of anilines is 1. The van der Waals surface area contributed by atoms with Gasteiger partial charge >= 0.3 is 0 Å². The second kappa shape index (κ2) is 7.59. The fourth-order valence-corrected chi connectivity index (χ4v) is 2.47. The van der Waals surface area contributed by atoms with E-state index in [4.69, 9.17) is 0 Å². The molecule has 0 atom stereocenters. The molecule has 1 amide bonds. The Hall–Kier alpha value is -2.88. The summed E-state index contributed by atoms with van der Waals surface area (Å²) in [4.78, 5) is 27.0. The number of rotatable bonds is 5. The number of hydrogen-bond acceptors (Lipinski definition) is 3. The fraction of sp³-hybridized carbons (Fsp3) is 0.200. The van der Waals surface area contributed by atoms with Crippen LogP contribution >= 0.6 is 0 Å². The number of hydrogen-bond donors (Lipinski definition) is 1. The Labute approximate surface area is 142 Å². The SMILES string of the molecule is Cc1cc(C)cc(NC(=O)/C(=C\N(C)C)C(=O)c2ccccc2)c1. The van der Waals surface area contributed by atoms with Crippen molar-refractivity contribution in [2.24, 2.45) is 0 Å². The summed E-state index contributed by atoms with van der Waals surface area (Å²) in [5.41, 5.74) is 3.38. The molecule has 0 heterocycles. The van der Waals surface area contributed by atoms with Crippen LogP contribution in [0.5, 0.6) is 0 Å². The molecular formula is C20H22N2O2. The molecule has 24 heavy (non-hydrogen) atoms. The average Bonchev–Trinajstić information content (AvgIpc) is 2.51. The van der Waals surface area contributed by atoms with Crippen molar-refractivity contribution in [2.75, 3.05) is 19.4 Å². The zero-order valence-corrected chi connectivity index (χ0v) is 14.5. The summed E-state index contributed by atoms with van der Waals surface area (Å²) in [6.45, 7) is 3.93. The Morgan fingerprint density at radius 1 is 0.958 bits per heavy atom. The van der Waals surface area contributed by atoms with Gasteiger partial charge in [0.25, 0.3) is 5.91 Å². The van der Waals surface area contributed by atoms with Crippen LogP contribution < -0.4 is 5.32 Å². The van der Waals surface area contributed by atoms with Crippen molar-refractivity contribution in [1.82, 2.24) is 4.90 Å². The van der Waals surface area contributed by atoms with Gasteiger partial charge in [0.1, 0.15) is 5.57 Å². The standard InChI is InChI=1S/C20H22N2O2/c1-14-10-15(2)12-17(11-14)21-20(24)18(13-22(3)4)19(23)16-8-6-5-7-9-16/h5-13H,1-4H3,(H,21,24)/b18-13-. The van der Waals surface area contributed by atoms with Crippen LogP contribution in [-0.4, -0.2) is 30.7 Å². The molecule has 0 spiro atoms. The monoisotopic (exact) mass is 322 g/mol. The molecular weight excluding hydrogens is 300 g/mol. The summed E-state index contributed by atoms with van der Waals surface area (Å²) in [6, 6.07) is 14.6. The van der Waals surface area contributed by atoms with E-state index in [0.29, 0.717) is 11.3 Å². The van der Waals surface area contributed by atoms with E-state index in [1.807, 2.05) is 38.1 Å². The minimum atomic E-state index is -0.414. The first-order valence-corrected chi connectivity index (χ1v) is 7.74. The van der Waals surface area contributed by atoms with E-state index < -0.39 is 5.91 Å². The molecule has 0 saturated heterocycles. The van der Waals surface area contributed by atoms with Crippen molar-refractivity contribution in [2.45, 2.75) is 13.8 Å². The summed E-state index contributed by atoms with van der Waals surface area (Å²) in [6.07, 6.45) is 1.55. The summed E-state index contributed by atoms with van der Waals surface area (Å²) in [7, 11) is 3.56. The van der Waals surface area contributed by atoms with Gasteiger partial charge in [-0.3, -0.25) is 9.59 Å². The second-order valence-electron chi connectivity index (χ2n) is 6.03. The zero-order valence-electron chi connectivity index (χ0n) is 14.5. The number of amides is 1. The van der Waals surface area contributed by atoms with Gasteiger partial charge in [-0.15, -0.1) is 0 Å². The van der Waals surface area contributed by atoms with Crippen LogP contribution in [0.3, 0.4) is 0 Å². The van der Waals surface area contributed by atoms with Crippen LogP contribution in [0.2, 0.25) is 0 Å². The Morgan fingerprint density at radius 2 is 1.54 bits per heavy atom. The lowest BCUT2D eigenvalue weighted by Crippen LogP contribution is -2.23. The molecule has 0 aromatic heterocycles. The predicted octanol–water partition coefficient (Wildman–Crippen LogP) is 3.57. The van der Waals surface area contributed by atoms with Gasteiger partial charge in [0.2, 0.25) is 0 Å². The van der Waals surface area contributed by atoms with Crippen LogP contribution in [0.4, 0.5) is 5.69 Å². The predicted molar refractivity (Wildman–Crippen MR) is 97.1 cm³/mol. The number of carbonyl (C=O) groups excluding carboxylic acids is 2. The molecule has 2 aromatic carbocycles. The van der Waals surface area contributed by atoms with Crippen LogP contribution in [0.1, 0.15) is 21.5 Å². The summed E-state index contributed by atoms with van der Waals surface area (Å²) < 4.78 is 0. The first-order valence-electron chi connectivity index (χ1n) is 7.74. The number of aryl methyl sites for hydroxylation is 2. The summed E-state index contributed by atoms with van der Waals surface area (Å²) >= 11 is 0. The minimum absolute atomic E-state index is 0.102. The zero-order chi connectivity index (χ0) is 17.7. The van der Waals surface area contributed by atoms with Gasteiger partial charge in [-0.2, -0.15) is 0 Å². The Bertz CT molecular complexity index is 757. The van der Waals surface area contributed by atoms with Gasteiger partial charge in [0.15, 0.2) is 5.78 Å². The fourth-order valence-electron chi connectivity index (χ4n) is 2.47. The molecule has 0 radical (unpaired) electrons. The lowest BCUT2D eigenvalue weighted by Gasteiger charge is -2.13. The molecule has 0 aliphatic rings. The number of benzene rings is 2. The van der Waals surface area contributed by atoms with Crippen molar-refractivity contribution in [3.05, 3.63) is 77.0 Å². The average molecular weight is 322 g/mol. The third-order valence-corrected chi connectivity index (χ3v) is 3.39. The van der Waals surface area contributed by atoms with Gasteiger partial charge in [0, 0.05) is 31.5 Å². The first kappa shape index (κ1) is 17.5. The summed E-state index contributed by atoms with van der Waals surface area (Å²) in [5.74, 6) is -0.714. The van der Waals surface area contributed by atoms with E-state index in [1.165, 1.54) is 0 Å². The van der Waals surface area contributed by atoms with E-state index in [9.17, 15) is 9.59 Å². The number of nitrogens with one attached hydrogen (secondary N) is 1. The Balaban J connectivity index is 2.31. The highest BCUT2D eigenvalue weighted by atomic mass is 16.2. The minimum Gasteiger partial charge on any atom is -0.383 e. The topological polar surface area (TPSA) is 49.4 Å². The van der Waals surface area contributed by atoms with E-state index in [2.05, 4.69) is 5.32 Å². The number of carbonyl (C=O) groups is 2. The Kier molecular flexibility index (Phi) is 5.53. The van der Waals surface area contributed by atoms with Gasteiger partial charge in [-0.05, 0) is 37.1 Å². The van der Waals surface area contributed by atoms with Crippen molar-refractivity contribution >= 4 is 17.4 Å². The van der Waals surface area contributed by atoms with Crippen molar-refractivity contribution in [3.8, 4) is 0 Å². The number of nitrogens with zero attached hydrogens (tertiary/aromatic N) is 1. The van der Waals surface area contributed by atoms with E-state index in [0.717, 1.165) is 11.1 Å². The maximum atomic E-state index is 12.7. The maximum Gasteiger partial charge on any atom is 0.261 e. The molecule has 124 valence electrons. The lowest BCUT2D eigenvalue weighted by atomic mass is 10.0. The van der Waals surface area contributed by atoms with E-state index in [-0.39, 0.29) is 11.4 Å². The van der Waals surface area contributed by atoms with Crippen molar-refractivity contribution in [3.63, 3.8) is 0 Å². The molecule has 2 rings (SSSR count). The second-order valence-corrected chi connectivity index (χ2v) is 6.03. The van der Waals surface area contributed by atoms with Gasteiger partial charge in [0.05, 0.1) is 0 Å². The van der Waals surface area contributed by atoms with Crippen LogP contribution in [0.15, 0.2) is 60.3 Å². The van der Waals surface area contributed by atoms with Gasteiger partial charge in [-0.25, -0.2) is 0 Å². The van der Waals surface area contributed by atoms with Crippen molar-refractivity contribution < 1.29 is 9.59 Å². The van der Waals surface area contributed by atoms with Crippen molar-refractivity contribution in [1.29, 1.82) is 0 Å². The number of ketones is 1. The molecule has 0 aliphatic carbocycles. The molecule has 0 saturated carbocycles. The molecule has 2 aromatic rings. The third kappa shape index (κ3) is 4.56. The highest BCUT2D eigenvalue weighted by Crippen LogP contribution is 2.16. The van der Waals surface area contributed by atoms with E-state index in [1.54, 1.807) is 49.5 Å². The largest absolute Gasteiger partial charge is 0.383 e. The van der Waals surface area contributed by atoms with Gasteiger partial charge < -0.3 is 10.2 Å². The molecule has 1 N–H and O–H groups in total. The van der Waals surface area contributed by atoms with Crippen LogP contribution in [0, 0.1) is 13.8 Å². The highest BCUT2D eigenvalue weighted by Gasteiger charge is 2.20.